The molecule has 1 amide bonds. The Bertz CT molecular complexity index is 1270. The van der Waals surface area contributed by atoms with Crippen molar-refractivity contribution in [3.05, 3.63) is 90.0 Å². The van der Waals surface area contributed by atoms with Crippen LogP contribution in [0.25, 0.3) is 22.3 Å². The molecule has 4 rings (SSSR count). The predicted molar refractivity (Wildman–Crippen MR) is 173 cm³/mol. The zero-order chi connectivity index (χ0) is 29.2. The molecule has 0 saturated heterocycles. The van der Waals surface area contributed by atoms with Crippen molar-refractivity contribution >= 4 is 5.91 Å². The molecular weight excluding hydrogens is 502 g/mol. The normalized spacial score (nSPS) is 16.8. The Labute approximate surface area is 248 Å². The monoisotopic (exact) mass is 551 g/mol. The van der Waals surface area contributed by atoms with Crippen LogP contribution >= 0.6 is 0 Å². The first-order chi connectivity index (χ1) is 19.9. The molecule has 3 aromatic carbocycles. The van der Waals surface area contributed by atoms with Crippen LogP contribution in [0.5, 0.6) is 5.75 Å². The van der Waals surface area contributed by atoms with Crippen molar-refractivity contribution in [3.8, 4) is 28.0 Å². The summed E-state index contributed by atoms with van der Waals surface area (Å²) in [7, 11) is 1.77. The molecule has 0 aromatic heterocycles. The number of hydrogen-bond donors (Lipinski definition) is 0. The number of ether oxygens (including phenoxy) is 1. The molecule has 3 nitrogen and oxygen atoms in total. The summed E-state index contributed by atoms with van der Waals surface area (Å²) in [4.78, 5) is 13.6. The molecule has 3 aromatic rings. The van der Waals surface area contributed by atoms with Gasteiger partial charge in [0.15, 0.2) is 0 Å². The maximum atomic E-state index is 11.9. The van der Waals surface area contributed by atoms with Crippen LogP contribution in [0.3, 0.4) is 0 Å². The lowest BCUT2D eigenvalue weighted by Crippen LogP contribution is -2.31. The molecule has 0 N–H and O–H groups in total. The first-order valence-corrected chi connectivity index (χ1v) is 15.8. The highest BCUT2D eigenvalue weighted by molar-refractivity contribution is 5.91. The molecule has 1 aliphatic rings. The summed E-state index contributed by atoms with van der Waals surface area (Å²) in [6, 6.07) is 24.5. The number of hydrogen-bond acceptors (Lipinski definition) is 2. The van der Waals surface area contributed by atoms with Gasteiger partial charge < -0.3 is 9.64 Å². The minimum Gasteiger partial charge on any atom is -0.492 e. The topological polar surface area (TPSA) is 29.5 Å². The molecule has 0 unspecified atom stereocenters. The number of benzene rings is 3. The summed E-state index contributed by atoms with van der Waals surface area (Å²) in [5, 5.41) is 0. The number of carbonyl (C=O) groups is 1. The standard InChI is InChI=1S/C38H49NO2/c1-6-8-9-10-29-11-13-31(14-12-29)32-15-17-34(18-16-32)37-24-21-35(27-30(37)7-2)33-19-22-36(23-20-33)41-26-25-39(5)38(40)28(3)4/h15-24,27,29,31H,3,6-14,25-26H2,1-2,4-5H3. The molecule has 0 atom stereocenters. The van der Waals surface area contributed by atoms with Crippen molar-refractivity contribution in [3.63, 3.8) is 0 Å². The van der Waals surface area contributed by atoms with E-state index in [-0.39, 0.29) is 5.91 Å². The van der Waals surface area contributed by atoms with Gasteiger partial charge >= 0.3 is 0 Å². The van der Waals surface area contributed by atoms with Gasteiger partial charge in [-0.05, 0) is 96.4 Å². The Balaban J connectivity index is 1.35. The van der Waals surface area contributed by atoms with E-state index in [4.69, 9.17) is 4.74 Å². The lowest BCUT2D eigenvalue weighted by Gasteiger charge is -2.29. The van der Waals surface area contributed by atoms with Gasteiger partial charge in [0.25, 0.3) is 0 Å². The quantitative estimate of drug-likeness (QED) is 0.156. The molecule has 218 valence electrons. The van der Waals surface area contributed by atoms with Gasteiger partial charge in [-0.1, -0.05) is 101 Å². The number of amides is 1. The molecule has 1 fully saturated rings. The van der Waals surface area contributed by atoms with Crippen LogP contribution in [0.1, 0.15) is 89.2 Å². The fourth-order valence-electron chi connectivity index (χ4n) is 6.22. The van der Waals surface area contributed by atoms with Crippen molar-refractivity contribution in [2.75, 3.05) is 20.2 Å². The minimum absolute atomic E-state index is 0.0505. The van der Waals surface area contributed by atoms with E-state index in [0.29, 0.717) is 18.7 Å². The number of unbranched alkanes of at least 4 members (excludes halogenated alkanes) is 2. The van der Waals surface area contributed by atoms with Crippen LogP contribution in [-0.4, -0.2) is 31.0 Å². The van der Waals surface area contributed by atoms with Crippen LogP contribution in [0.15, 0.2) is 78.9 Å². The third kappa shape index (κ3) is 8.35. The van der Waals surface area contributed by atoms with Crippen LogP contribution in [-0.2, 0) is 11.2 Å². The van der Waals surface area contributed by atoms with E-state index < -0.39 is 0 Å². The fraction of sp³-hybridized carbons (Fsp3) is 0.447. The molecule has 41 heavy (non-hydrogen) atoms. The summed E-state index contributed by atoms with van der Waals surface area (Å²) in [5.41, 5.74) is 8.46. The minimum atomic E-state index is -0.0505. The molecule has 0 bridgehead atoms. The Morgan fingerprint density at radius 1 is 0.878 bits per heavy atom. The van der Waals surface area contributed by atoms with Gasteiger partial charge in [-0.3, -0.25) is 4.79 Å². The van der Waals surface area contributed by atoms with Crippen molar-refractivity contribution in [1.82, 2.24) is 4.90 Å². The Morgan fingerprint density at radius 2 is 1.54 bits per heavy atom. The van der Waals surface area contributed by atoms with Crippen molar-refractivity contribution in [2.24, 2.45) is 5.92 Å². The average molecular weight is 552 g/mol. The highest BCUT2D eigenvalue weighted by Gasteiger charge is 2.22. The van der Waals surface area contributed by atoms with E-state index in [0.717, 1.165) is 24.0 Å². The first kappa shape index (κ1) is 30.6. The smallest absolute Gasteiger partial charge is 0.248 e. The van der Waals surface area contributed by atoms with Gasteiger partial charge in [0.1, 0.15) is 12.4 Å². The lowest BCUT2D eigenvalue weighted by molar-refractivity contribution is -0.126. The van der Waals surface area contributed by atoms with Gasteiger partial charge in [-0.25, -0.2) is 0 Å². The summed E-state index contributed by atoms with van der Waals surface area (Å²) in [6.07, 6.45) is 12.1. The van der Waals surface area contributed by atoms with Crippen molar-refractivity contribution in [2.45, 2.75) is 84.5 Å². The summed E-state index contributed by atoms with van der Waals surface area (Å²) >= 11 is 0. The van der Waals surface area contributed by atoms with Crippen molar-refractivity contribution in [1.29, 1.82) is 0 Å². The summed E-state index contributed by atoms with van der Waals surface area (Å²) in [5.74, 6) is 2.44. The second-order valence-electron chi connectivity index (χ2n) is 11.9. The van der Waals surface area contributed by atoms with Crippen LogP contribution in [0, 0.1) is 5.92 Å². The second kappa shape index (κ2) is 15.1. The van der Waals surface area contributed by atoms with Gasteiger partial charge in [-0.2, -0.15) is 0 Å². The van der Waals surface area contributed by atoms with Crippen LogP contribution < -0.4 is 4.74 Å². The summed E-state index contributed by atoms with van der Waals surface area (Å²) < 4.78 is 5.87. The van der Waals surface area contributed by atoms with Crippen LogP contribution in [0.4, 0.5) is 0 Å². The van der Waals surface area contributed by atoms with Gasteiger partial charge in [0, 0.05) is 12.6 Å². The molecular formula is C38H49NO2. The van der Waals surface area contributed by atoms with Crippen molar-refractivity contribution < 1.29 is 9.53 Å². The van der Waals surface area contributed by atoms with E-state index in [9.17, 15) is 4.79 Å². The zero-order valence-corrected chi connectivity index (χ0v) is 25.8. The molecule has 3 heteroatoms. The van der Waals surface area contributed by atoms with Crippen LogP contribution in [0.2, 0.25) is 0 Å². The fourth-order valence-corrected chi connectivity index (χ4v) is 6.22. The first-order valence-electron chi connectivity index (χ1n) is 15.8. The molecule has 0 aliphatic heterocycles. The molecule has 0 heterocycles. The third-order valence-electron chi connectivity index (χ3n) is 8.84. The molecule has 0 spiro atoms. The van der Waals surface area contributed by atoms with E-state index in [2.05, 4.69) is 75.0 Å². The highest BCUT2D eigenvalue weighted by Crippen LogP contribution is 2.39. The number of aryl methyl sites for hydroxylation is 1. The maximum Gasteiger partial charge on any atom is 0.248 e. The zero-order valence-electron chi connectivity index (χ0n) is 25.8. The third-order valence-corrected chi connectivity index (χ3v) is 8.84. The number of rotatable bonds is 13. The SMILES string of the molecule is C=C(C)C(=O)N(C)CCOc1ccc(-c2ccc(-c3ccc(C4CCC(CCCCC)CC4)cc3)c(CC)c2)cc1. The average Bonchev–Trinajstić information content (AvgIpc) is 3.01. The molecule has 1 saturated carbocycles. The van der Waals surface area contributed by atoms with Gasteiger partial charge in [0.2, 0.25) is 5.91 Å². The Kier molecular flexibility index (Phi) is 11.2. The molecule has 1 aliphatic carbocycles. The molecule has 0 radical (unpaired) electrons. The second-order valence-corrected chi connectivity index (χ2v) is 11.9. The number of likely N-dealkylation sites (N-methyl/N-ethyl adjacent to an activating group) is 1. The Morgan fingerprint density at radius 3 is 2.17 bits per heavy atom. The van der Waals surface area contributed by atoms with Gasteiger partial charge in [0.05, 0.1) is 6.54 Å². The lowest BCUT2D eigenvalue weighted by atomic mass is 9.77. The highest BCUT2D eigenvalue weighted by atomic mass is 16.5. The summed E-state index contributed by atoms with van der Waals surface area (Å²) in [6.45, 7) is 11.0. The largest absolute Gasteiger partial charge is 0.492 e. The van der Waals surface area contributed by atoms with Gasteiger partial charge in [-0.15, -0.1) is 0 Å². The van der Waals surface area contributed by atoms with E-state index >= 15 is 0 Å². The van der Waals surface area contributed by atoms with E-state index in [1.807, 2.05) is 12.1 Å². The Hall–Kier alpha value is -3.33. The van der Waals surface area contributed by atoms with E-state index in [1.54, 1.807) is 18.9 Å². The number of nitrogens with zero attached hydrogens (tertiary/aromatic N) is 1. The number of carbonyl (C=O) groups excluding carboxylic acids is 1. The maximum absolute atomic E-state index is 11.9. The predicted octanol–water partition coefficient (Wildman–Crippen LogP) is 9.85. The van der Waals surface area contributed by atoms with E-state index in [1.165, 1.54) is 84.7 Å².